The van der Waals surface area contributed by atoms with Gasteiger partial charge in [0.25, 0.3) is 0 Å². The molecule has 0 aromatic heterocycles. The summed E-state index contributed by atoms with van der Waals surface area (Å²) >= 11 is 0. The van der Waals surface area contributed by atoms with Gasteiger partial charge in [-0.2, -0.15) is 0 Å². The number of methoxy groups -OCH3 is 1. The molecule has 0 unspecified atom stereocenters. The monoisotopic (exact) mass is 462 g/mol. The van der Waals surface area contributed by atoms with E-state index < -0.39 is 5.60 Å². The third-order valence-corrected chi connectivity index (χ3v) is 7.39. The maximum atomic E-state index is 12.8. The molecule has 4 rings (SSSR count). The molecule has 5 nitrogen and oxygen atoms in total. The summed E-state index contributed by atoms with van der Waals surface area (Å²) < 4.78 is 17.4. The van der Waals surface area contributed by atoms with Gasteiger partial charge in [-0.3, -0.25) is 4.79 Å². The molecule has 34 heavy (non-hydrogen) atoms. The Bertz CT molecular complexity index is 1250. The van der Waals surface area contributed by atoms with Crippen molar-refractivity contribution in [1.29, 1.82) is 0 Å². The number of benzene rings is 3. The average Bonchev–Trinajstić information content (AvgIpc) is 2.84. The molecule has 0 radical (unpaired) electrons. The number of aromatic hydroxyl groups is 1. The van der Waals surface area contributed by atoms with Crippen LogP contribution >= 0.6 is 0 Å². The summed E-state index contributed by atoms with van der Waals surface area (Å²) in [5, 5.41) is 12.5. The third kappa shape index (κ3) is 4.44. The Labute approximate surface area is 201 Å². The van der Waals surface area contributed by atoms with E-state index in [1.807, 2.05) is 64.1 Å². The summed E-state index contributed by atoms with van der Waals surface area (Å²) in [6, 6.07) is 11.9. The summed E-state index contributed by atoms with van der Waals surface area (Å²) in [6.45, 7) is 10.1. The van der Waals surface area contributed by atoms with Crippen LogP contribution in [0.4, 0.5) is 0 Å². The van der Waals surface area contributed by atoms with Crippen LogP contribution in [0.2, 0.25) is 0 Å². The zero-order valence-electron chi connectivity index (χ0n) is 21.0. The Hall–Kier alpha value is -3.21. The molecule has 180 valence electrons. The number of phenols is 1. The summed E-state index contributed by atoms with van der Waals surface area (Å²) in [6.07, 6.45) is 2.25. The fourth-order valence-electron chi connectivity index (χ4n) is 4.74. The average molecular weight is 463 g/mol. The number of ether oxygens (including phenoxy) is 3. The number of fused-ring (bicyclic) bond motifs is 2. The molecule has 1 aliphatic heterocycles. The molecule has 0 saturated heterocycles. The third-order valence-electron chi connectivity index (χ3n) is 7.39. The van der Waals surface area contributed by atoms with Crippen molar-refractivity contribution < 1.29 is 24.1 Å². The lowest BCUT2D eigenvalue weighted by molar-refractivity contribution is -0.146. The first-order chi connectivity index (χ1) is 16.1. The second-order valence-corrected chi connectivity index (χ2v) is 9.69. The van der Waals surface area contributed by atoms with Crippen LogP contribution in [0.15, 0.2) is 36.4 Å². The van der Waals surface area contributed by atoms with Crippen molar-refractivity contribution in [2.24, 2.45) is 0 Å². The number of phenolic OH excluding ortho intramolecular Hbond substituents is 1. The maximum absolute atomic E-state index is 12.8. The minimum absolute atomic E-state index is 0.236. The first-order valence-corrected chi connectivity index (χ1v) is 11.9. The van der Waals surface area contributed by atoms with Gasteiger partial charge >= 0.3 is 5.97 Å². The van der Waals surface area contributed by atoms with Gasteiger partial charge in [0.15, 0.2) is 0 Å². The highest BCUT2D eigenvalue weighted by atomic mass is 16.5. The summed E-state index contributed by atoms with van der Waals surface area (Å²) in [5.74, 6) is 1.45. The molecule has 3 aromatic rings. The predicted molar refractivity (Wildman–Crippen MR) is 134 cm³/mol. The van der Waals surface area contributed by atoms with E-state index in [-0.39, 0.29) is 11.9 Å². The topological polar surface area (TPSA) is 65.0 Å². The van der Waals surface area contributed by atoms with Crippen molar-refractivity contribution in [2.45, 2.75) is 65.4 Å². The Balaban J connectivity index is 1.40. The zero-order chi connectivity index (χ0) is 24.6. The van der Waals surface area contributed by atoms with Gasteiger partial charge < -0.3 is 19.3 Å². The summed E-state index contributed by atoms with van der Waals surface area (Å²) in [5.41, 5.74) is 4.32. The van der Waals surface area contributed by atoms with Crippen LogP contribution in [0, 0.1) is 20.8 Å². The smallest absolute Gasteiger partial charge is 0.313 e. The van der Waals surface area contributed by atoms with Crippen LogP contribution < -0.4 is 9.47 Å². The van der Waals surface area contributed by atoms with Crippen LogP contribution in [-0.4, -0.2) is 30.4 Å². The molecule has 0 aliphatic carbocycles. The predicted octanol–water partition coefficient (Wildman–Crippen LogP) is 6.30. The van der Waals surface area contributed by atoms with Gasteiger partial charge in [-0.05, 0) is 92.6 Å². The Morgan fingerprint density at radius 2 is 1.79 bits per heavy atom. The fraction of sp³-hybridized carbons (Fsp3) is 0.414. The highest BCUT2D eigenvalue weighted by Gasteiger charge is 2.35. The van der Waals surface area contributed by atoms with E-state index in [9.17, 15) is 9.90 Å². The van der Waals surface area contributed by atoms with E-state index in [4.69, 9.17) is 14.2 Å². The number of hydrogen-bond donors (Lipinski definition) is 1. The van der Waals surface area contributed by atoms with Gasteiger partial charge in [-0.15, -0.1) is 0 Å². The van der Waals surface area contributed by atoms with Gasteiger partial charge in [0.05, 0.1) is 19.6 Å². The molecule has 1 heterocycles. The second-order valence-electron chi connectivity index (χ2n) is 9.69. The van der Waals surface area contributed by atoms with Crippen LogP contribution in [-0.2, 0) is 16.0 Å². The summed E-state index contributed by atoms with van der Waals surface area (Å²) in [7, 11) is 1.65. The Morgan fingerprint density at radius 3 is 2.53 bits per heavy atom. The molecule has 0 spiro atoms. The standard InChI is InChI=1S/C29H34O5/c1-17-18(2)27-25(20(4)26(17)30)11-12-29(5,34-27)13-14-33-28(31)19(3)21-7-8-23-16-24(32-6)10-9-22(23)15-21/h7-10,15-16,19,30H,11-14H2,1-6H3/t19-,29-/m1/s1. The summed E-state index contributed by atoms with van der Waals surface area (Å²) in [4.78, 5) is 12.8. The number of rotatable bonds is 6. The van der Waals surface area contributed by atoms with Crippen molar-refractivity contribution in [3.63, 3.8) is 0 Å². The molecule has 1 aliphatic rings. The minimum Gasteiger partial charge on any atom is -0.507 e. The molecular formula is C29H34O5. The van der Waals surface area contributed by atoms with E-state index in [0.29, 0.717) is 18.8 Å². The molecule has 0 fully saturated rings. The lowest BCUT2D eigenvalue weighted by Gasteiger charge is -2.38. The molecule has 2 atom stereocenters. The molecular weight excluding hydrogens is 428 g/mol. The van der Waals surface area contributed by atoms with Crippen LogP contribution in [0.1, 0.15) is 60.4 Å². The largest absolute Gasteiger partial charge is 0.507 e. The second kappa shape index (κ2) is 9.21. The molecule has 3 aromatic carbocycles. The SMILES string of the molecule is COc1ccc2cc([C@@H](C)C(=O)OCC[C@@]3(C)CCc4c(C)c(O)c(C)c(C)c4O3)ccc2c1. The van der Waals surface area contributed by atoms with Gasteiger partial charge in [0.1, 0.15) is 22.8 Å². The van der Waals surface area contributed by atoms with Gasteiger partial charge in [0, 0.05) is 12.0 Å². The van der Waals surface area contributed by atoms with E-state index in [1.165, 1.54) is 0 Å². The van der Waals surface area contributed by atoms with Crippen molar-refractivity contribution in [2.75, 3.05) is 13.7 Å². The fourth-order valence-corrected chi connectivity index (χ4v) is 4.74. The Morgan fingerprint density at radius 1 is 1.09 bits per heavy atom. The molecule has 1 N–H and O–H groups in total. The number of carbonyl (C=O) groups excluding carboxylic acids is 1. The first kappa shape index (κ1) is 23.9. The van der Waals surface area contributed by atoms with E-state index >= 15 is 0 Å². The normalized spacial score (nSPS) is 18.2. The van der Waals surface area contributed by atoms with Crippen LogP contribution in [0.3, 0.4) is 0 Å². The lowest BCUT2D eigenvalue weighted by Crippen LogP contribution is -2.38. The molecule has 5 heteroatoms. The highest BCUT2D eigenvalue weighted by molar-refractivity contribution is 5.86. The van der Waals surface area contributed by atoms with Gasteiger partial charge in [0.2, 0.25) is 0 Å². The Kier molecular flexibility index (Phi) is 6.48. The lowest BCUT2D eigenvalue weighted by atomic mass is 9.86. The number of hydrogen-bond acceptors (Lipinski definition) is 5. The zero-order valence-corrected chi connectivity index (χ0v) is 21.0. The number of esters is 1. The quantitative estimate of drug-likeness (QED) is 0.436. The maximum Gasteiger partial charge on any atom is 0.313 e. The van der Waals surface area contributed by atoms with Crippen molar-refractivity contribution in [1.82, 2.24) is 0 Å². The van der Waals surface area contributed by atoms with Crippen LogP contribution in [0.5, 0.6) is 17.2 Å². The van der Waals surface area contributed by atoms with Gasteiger partial charge in [-0.25, -0.2) is 0 Å². The molecule has 0 bridgehead atoms. The van der Waals surface area contributed by atoms with Crippen LogP contribution in [0.25, 0.3) is 10.8 Å². The highest BCUT2D eigenvalue weighted by Crippen LogP contribution is 2.44. The van der Waals surface area contributed by atoms with Crippen molar-refractivity contribution in [3.05, 3.63) is 64.2 Å². The van der Waals surface area contributed by atoms with Crippen molar-refractivity contribution >= 4 is 16.7 Å². The minimum atomic E-state index is -0.418. The van der Waals surface area contributed by atoms with E-state index in [1.54, 1.807) is 7.11 Å². The molecule has 0 amide bonds. The molecule has 0 saturated carbocycles. The van der Waals surface area contributed by atoms with E-state index in [2.05, 4.69) is 6.92 Å². The van der Waals surface area contributed by atoms with Crippen molar-refractivity contribution in [3.8, 4) is 17.2 Å². The van der Waals surface area contributed by atoms with E-state index in [0.717, 1.165) is 62.9 Å². The van der Waals surface area contributed by atoms with Gasteiger partial charge in [-0.1, -0.05) is 24.3 Å². The first-order valence-electron chi connectivity index (χ1n) is 11.9. The number of carbonyl (C=O) groups is 1.